The quantitative estimate of drug-likeness (QED) is 0.0237. The zero-order valence-electron chi connectivity index (χ0n) is 72.7. The van der Waals surface area contributed by atoms with Crippen molar-refractivity contribution in [3.05, 3.63) is 204 Å². The number of ether oxygens (including phenoxy) is 2. The van der Waals surface area contributed by atoms with Gasteiger partial charge >= 0.3 is 11.9 Å². The van der Waals surface area contributed by atoms with Gasteiger partial charge in [-0.3, -0.25) is 58.0 Å². The lowest BCUT2D eigenvalue weighted by atomic mass is 9.84. The number of ketones is 2. The fourth-order valence-corrected chi connectivity index (χ4v) is 14.2. The molecule has 35 heteroatoms. The Hall–Kier alpha value is -12.2. The van der Waals surface area contributed by atoms with E-state index in [4.69, 9.17) is 9.47 Å². The maximum atomic E-state index is 14.5. The summed E-state index contributed by atoms with van der Waals surface area (Å²) in [6, 6.07) is 7.44. The van der Waals surface area contributed by atoms with Gasteiger partial charge in [-0.05, 0) is 149 Å². The number of hydrogen-bond donors (Lipinski definition) is 14. The van der Waals surface area contributed by atoms with Gasteiger partial charge < -0.3 is 81.6 Å². The monoisotopic (exact) mass is 1770 g/mol. The number of phenols is 2. The number of hydrazine groups is 2. The Morgan fingerprint density at radius 1 is 0.551 bits per heavy atom. The average molecular weight is 1770 g/mol. The molecule has 2 aromatic carbocycles. The lowest BCUT2D eigenvalue weighted by molar-refractivity contribution is -0.157. The molecule has 2 aromatic heterocycles. The first-order chi connectivity index (χ1) is 60.3. The van der Waals surface area contributed by atoms with Crippen LogP contribution in [0.5, 0.6) is 11.5 Å². The molecule has 2 unspecified atom stereocenters. The molecule has 0 aliphatic carbocycles. The number of Topliss-reactive ketones (excluding diaryl/α,β-unsaturated/α-hetero) is 2. The topological polar surface area (TPSA) is 473 Å². The Bertz CT molecular complexity index is 4710. The second-order valence-electron chi connectivity index (χ2n) is 32.6. The number of rotatable bonds is 20. The van der Waals surface area contributed by atoms with Gasteiger partial charge in [-0.2, -0.15) is 4.39 Å². The summed E-state index contributed by atoms with van der Waals surface area (Å²) in [6.45, 7) is 15.9. The van der Waals surface area contributed by atoms with Crippen molar-refractivity contribution < 1.29 is 111 Å². The van der Waals surface area contributed by atoms with E-state index in [2.05, 4.69) is 52.7 Å². The number of aromatic nitrogens is 2. The summed E-state index contributed by atoms with van der Waals surface area (Å²) >= 11 is 0. The van der Waals surface area contributed by atoms with Crippen LogP contribution in [0, 0.1) is 53.0 Å². The normalized spacial score (nSPS) is 27.0. The Kier molecular flexibility index (Phi) is 40.3. The number of nitrogens with zero attached hydrogens (tertiary/aromatic N) is 4. The van der Waals surface area contributed by atoms with Crippen LogP contribution in [0.15, 0.2) is 175 Å². The van der Waals surface area contributed by atoms with Gasteiger partial charge in [0.1, 0.15) is 83.2 Å². The fraction of sp³-hybridized carbons (Fsp3) is 0.457. The molecule has 4 aliphatic rings. The van der Waals surface area contributed by atoms with Gasteiger partial charge in [-0.15, -0.1) is 0 Å². The molecule has 4 aliphatic heterocycles. The van der Waals surface area contributed by atoms with Gasteiger partial charge in [0.15, 0.2) is 17.4 Å². The molecular weight excluding hydrogens is 1650 g/mol. The first-order valence-corrected chi connectivity index (χ1v) is 42.2. The summed E-state index contributed by atoms with van der Waals surface area (Å²) < 4.78 is 55.0. The molecule has 32 nitrogen and oxygen atoms in total. The van der Waals surface area contributed by atoms with E-state index in [1.54, 1.807) is 114 Å². The number of anilines is 2. The largest absolute Gasteiger partial charge is 0.508 e. The van der Waals surface area contributed by atoms with E-state index in [0.29, 0.717) is 35.6 Å². The highest BCUT2D eigenvalue weighted by Crippen LogP contribution is 2.29. The van der Waals surface area contributed by atoms with Crippen LogP contribution < -0.4 is 42.8 Å². The highest BCUT2D eigenvalue weighted by atomic mass is 19.2. The molecule has 0 saturated carbocycles. The number of halogens is 3. The summed E-state index contributed by atoms with van der Waals surface area (Å²) in [5.41, 5.74) is 7.00. The molecule has 2 fully saturated rings. The lowest BCUT2D eigenvalue weighted by Gasteiger charge is -2.36. The molecule has 8 rings (SSSR count). The average Bonchev–Trinajstić information content (AvgIpc) is 0.823. The first kappa shape index (κ1) is 102. The second kappa shape index (κ2) is 50.3. The number of pyridine rings is 2. The summed E-state index contributed by atoms with van der Waals surface area (Å²) in [4.78, 5) is 170. The number of carbonyl (C=O) groups is 12. The minimum Gasteiger partial charge on any atom is -0.508 e. The number of nitrogens with one attached hydrogen (secondary N) is 8. The number of carbonyl (C=O) groups excluding carboxylic acids is 12. The Labute approximate surface area is 735 Å². The third-order valence-corrected chi connectivity index (χ3v) is 21.7. The van der Waals surface area contributed by atoms with Crippen LogP contribution in [0.4, 0.5) is 24.8 Å². The van der Waals surface area contributed by atoms with Gasteiger partial charge in [-0.25, -0.2) is 29.6 Å². The molecule has 4 bridgehead atoms. The van der Waals surface area contributed by atoms with E-state index in [1.807, 2.05) is 0 Å². The molecular formula is C92H117F3N12O20. The maximum absolute atomic E-state index is 14.5. The number of aliphatic hydroxyl groups is 4. The Balaban J connectivity index is 0.000000348. The standard InChI is InChI=1S/C46H58F2N6O10.C46H59FN6O10/c1-26(2)41-44(61)50-34(24-30-23-32(47)40(48)36(57)25-30)45(62)54-22-12-14-33(53-54)46(63)64-37(27(3)13-11-18-39(58)51-38-17-9-10-21-49-38)16-8-6-7-15-35(56)29(5)42(59)31(43(60)52-41)20-19-28(4)55;1-27(2)41-44(60)49-36(25-31-23-32(47)26-33(55)24-31)45(61)53-22-12-14-35(52-53)46(62)63-38(28(3)13-11-18-40(57)50-39-17-9-10-21-48-39)16-8-6-7-15-37(56)30(5)42(58)34(43(59)51-41)20-19-29(4)54/h6-11,13,15,17-18,21,23,25-26,29,31,33-35,37,41-42,53,56-57,59H,12,14,16,19-20,22,24H2,1-5H3,(H,50,61)(H,52,60)(H,49,51,58);6-11,13,15,17-18,21,23-24,26-27,30,34-38,41-42,52,55-56,58H,12,14,16,19-20,22,25H2,1-5H3,(H,49,60)(H,51,59)(H,48,50,57)/b8-6+,15-7+,18-11+,27-13+;8-6+,15-7+,18-11+,28-13+/t29-,31+,33?,34-,35-,37-,41-,42+;30-,34+,35?,36-,37-,38-,41-,42+/m00/s1. The molecule has 0 spiro atoms. The van der Waals surface area contributed by atoms with Crippen molar-refractivity contribution in [2.24, 2.45) is 35.5 Å². The van der Waals surface area contributed by atoms with Crippen molar-refractivity contribution in [1.29, 1.82) is 0 Å². The van der Waals surface area contributed by atoms with Gasteiger partial charge in [0.2, 0.25) is 35.4 Å². The van der Waals surface area contributed by atoms with E-state index in [-0.39, 0.29) is 93.6 Å². The zero-order chi connectivity index (χ0) is 93.3. The van der Waals surface area contributed by atoms with Crippen molar-refractivity contribution in [2.45, 2.75) is 219 Å². The molecule has 686 valence electrons. The molecule has 14 N–H and O–H groups in total. The van der Waals surface area contributed by atoms with Crippen molar-refractivity contribution in [2.75, 3.05) is 23.7 Å². The number of allylic oxidation sites excluding steroid dienone is 8. The number of benzene rings is 2. The maximum Gasteiger partial charge on any atom is 0.325 e. The van der Waals surface area contributed by atoms with Crippen molar-refractivity contribution in [3.63, 3.8) is 0 Å². The van der Waals surface area contributed by atoms with Crippen LogP contribution in [0.2, 0.25) is 0 Å². The van der Waals surface area contributed by atoms with Crippen molar-refractivity contribution >= 4 is 82.4 Å². The number of esters is 2. The van der Waals surface area contributed by atoms with Crippen molar-refractivity contribution in [1.82, 2.24) is 52.1 Å². The fourth-order valence-electron chi connectivity index (χ4n) is 14.2. The number of hydrogen-bond acceptors (Lipinski definition) is 24. The summed E-state index contributed by atoms with van der Waals surface area (Å²) in [7, 11) is 0. The zero-order valence-corrected chi connectivity index (χ0v) is 72.7. The number of fused-ring (bicyclic) bond motifs is 4. The predicted octanol–water partition coefficient (Wildman–Crippen LogP) is 7.14. The van der Waals surface area contributed by atoms with Crippen LogP contribution in [0.1, 0.15) is 145 Å². The van der Waals surface area contributed by atoms with Crippen LogP contribution in [0.3, 0.4) is 0 Å². The number of aliphatic hydroxyl groups excluding tert-OH is 4. The third-order valence-electron chi connectivity index (χ3n) is 21.7. The van der Waals surface area contributed by atoms with E-state index in [9.17, 15) is 101 Å². The third kappa shape index (κ3) is 32.3. The molecule has 6 heterocycles. The predicted molar refractivity (Wildman–Crippen MR) is 463 cm³/mol. The molecule has 2 saturated heterocycles. The van der Waals surface area contributed by atoms with Crippen LogP contribution in [-0.4, -0.2) is 207 Å². The second-order valence-corrected chi connectivity index (χ2v) is 32.6. The molecule has 127 heavy (non-hydrogen) atoms. The number of amides is 8. The van der Waals surface area contributed by atoms with Crippen molar-refractivity contribution in [3.8, 4) is 11.5 Å². The van der Waals surface area contributed by atoms with Crippen LogP contribution in [0.25, 0.3) is 0 Å². The number of aromatic hydroxyl groups is 2. The van der Waals surface area contributed by atoms with Crippen LogP contribution in [-0.2, 0) is 79.8 Å². The number of phenolic OH excluding ortho intramolecular Hbond substituents is 2. The van der Waals surface area contributed by atoms with Gasteiger partial charge in [0.05, 0.1) is 36.3 Å². The molecule has 8 amide bonds. The van der Waals surface area contributed by atoms with Gasteiger partial charge in [0, 0.05) is 94.1 Å². The summed E-state index contributed by atoms with van der Waals surface area (Å²) in [5, 5.41) is 83.5. The SMILES string of the molecule is CC(=O)CC[C@H]1C(=O)N[C@@H](C(C)C)C(=O)N[C@@H](Cc2cc(O)c(F)c(F)c2)C(=O)N2CCCC(N2)C(=O)O[C@H](/C(C)=C/C=C/C(=O)Nc2ccccn2)C/C=C/C=C/[C@H](O)[C@H](C)[C@H]1O.CC(=O)CC[C@H]1C(=O)N[C@@H](C(C)C)C(=O)N[C@@H](Cc2cc(O)cc(F)c2)C(=O)N2CCCC(N2)C(=O)O[C@H](/C(C)=C/C=C/C(=O)Nc2ccccn2)C/C=C/C=C/[C@H](O)[C@H](C)[C@H]1O. The Morgan fingerprint density at radius 2 is 0.969 bits per heavy atom. The molecule has 0 radical (unpaired) electrons. The smallest absolute Gasteiger partial charge is 0.325 e. The number of cyclic esters (lactones) is 2. The van der Waals surface area contributed by atoms with E-state index in [0.717, 1.165) is 29.3 Å². The minimum atomic E-state index is -1.53. The van der Waals surface area contributed by atoms with Gasteiger partial charge in [-0.1, -0.05) is 127 Å². The minimum absolute atomic E-state index is 0.0604. The van der Waals surface area contributed by atoms with E-state index < -0.39 is 203 Å². The van der Waals surface area contributed by atoms with Gasteiger partial charge in [0.25, 0.3) is 11.8 Å². The lowest BCUT2D eigenvalue weighted by Crippen LogP contribution is -2.62. The molecule has 16 atom stereocenters. The van der Waals surface area contributed by atoms with E-state index >= 15 is 0 Å². The first-order valence-electron chi connectivity index (χ1n) is 42.2. The molecule has 4 aromatic rings. The highest BCUT2D eigenvalue weighted by Gasteiger charge is 2.42. The van der Waals surface area contributed by atoms with Crippen LogP contribution >= 0.6 is 0 Å². The van der Waals surface area contributed by atoms with E-state index in [1.165, 1.54) is 99.8 Å². The highest BCUT2D eigenvalue weighted by molar-refractivity contribution is 6.00. The summed E-state index contributed by atoms with van der Waals surface area (Å²) in [6.07, 6.45) is 17.3. The summed E-state index contributed by atoms with van der Waals surface area (Å²) in [5.74, 6) is -17.5. The Morgan fingerprint density at radius 3 is 1.35 bits per heavy atom.